The number of aromatic nitrogens is 4. The van der Waals surface area contributed by atoms with Crippen LogP contribution in [0.3, 0.4) is 0 Å². The van der Waals surface area contributed by atoms with Crippen molar-refractivity contribution in [2.75, 3.05) is 7.11 Å². The summed E-state index contributed by atoms with van der Waals surface area (Å²) in [5.74, 6) is 1.28. The summed E-state index contributed by atoms with van der Waals surface area (Å²) < 4.78 is 7.01. The number of nitrogens with one attached hydrogen (secondary N) is 2. The topological polar surface area (TPSA) is 84.3 Å². The Labute approximate surface area is 149 Å². The summed E-state index contributed by atoms with van der Waals surface area (Å²) in [5, 5.41) is 11.3. The van der Waals surface area contributed by atoms with Crippen LogP contribution in [-0.4, -0.2) is 32.6 Å². The number of rotatable bonds is 5. The fourth-order valence-electron chi connectivity index (χ4n) is 2.75. The van der Waals surface area contributed by atoms with E-state index in [0.29, 0.717) is 23.6 Å². The molecule has 7 heteroatoms. The van der Waals surface area contributed by atoms with E-state index in [0.717, 1.165) is 16.9 Å². The Morgan fingerprint density at radius 1 is 1.23 bits per heavy atom. The van der Waals surface area contributed by atoms with Crippen molar-refractivity contribution < 1.29 is 9.53 Å². The van der Waals surface area contributed by atoms with Crippen molar-refractivity contribution in [1.29, 1.82) is 0 Å². The van der Waals surface area contributed by atoms with E-state index in [1.807, 2.05) is 47.1 Å². The molecule has 0 saturated heterocycles. The van der Waals surface area contributed by atoms with Gasteiger partial charge in [-0.2, -0.15) is 0 Å². The molecule has 0 aliphatic carbocycles. The second-order valence-corrected chi connectivity index (χ2v) is 5.80. The molecule has 0 saturated carbocycles. The Bertz CT molecular complexity index is 1050. The van der Waals surface area contributed by atoms with E-state index in [-0.39, 0.29) is 5.91 Å². The third-order valence-electron chi connectivity index (χ3n) is 4.11. The zero-order valence-electron chi connectivity index (χ0n) is 14.1. The van der Waals surface area contributed by atoms with Crippen molar-refractivity contribution in [1.82, 2.24) is 24.9 Å². The zero-order valence-corrected chi connectivity index (χ0v) is 14.1. The zero-order chi connectivity index (χ0) is 17.9. The van der Waals surface area contributed by atoms with Gasteiger partial charge in [0.2, 0.25) is 0 Å². The van der Waals surface area contributed by atoms with Crippen LogP contribution in [0, 0.1) is 0 Å². The van der Waals surface area contributed by atoms with Gasteiger partial charge in [0.15, 0.2) is 11.5 Å². The minimum atomic E-state index is -0.163. The number of hydrogen-bond donors (Lipinski definition) is 2. The number of H-pyrrole nitrogens is 1. The standard InChI is InChI=1S/C19H17N5O2/c1-26-16-4-2-3-13(9-16)10-21-19(25)15-5-6-17-22-23-18(24(17)12-15)14-7-8-20-11-14/h2-9,11-12,20H,10H2,1H3,(H,21,25). The number of nitrogens with zero attached hydrogens (tertiary/aromatic N) is 3. The number of benzene rings is 1. The molecule has 1 amide bonds. The van der Waals surface area contributed by atoms with Crippen LogP contribution in [0.4, 0.5) is 0 Å². The molecule has 0 spiro atoms. The summed E-state index contributed by atoms with van der Waals surface area (Å²) in [5.41, 5.74) is 3.10. The number of pyridine rings is 1. The number of ether oxygens (including phenoxy) is 1. The highest BCUT2D eigenvalue weighted by atomic mass is 16.5. The van der Waals surface area contributed by atoms with Crippen LogP contribution in [0.15, 0.2) is 61.1 Å². The molecule has 0 fully saturated rings. The minimum Gasteiger partial charge on any atom is -0.497 e. The van der Waals surface area contributed by atoms with E-state index in [4.69, 9.17) is 4.74 Å². The van der Waals surface area contributed by atoms with E-state index < -0.39 is 0 Å². The lowest BCUT2D eigenvalue weighted by atomic mass is 10.2. The van der Waals surface area contributed by atoms with E-state index in [1.165, 1.54) is 0 Å². The number of aromatic amines is 1. The van der Waals surface area contributed by atoms with Crippen molar-refractivity contribution in [3.05, 3.63) is 72.2 Å². The van der Waals surface area contributed by atoms with Crippen LogP contribution in [0.25, 0.3) is 17.0 Å². The first-order chi connectivity index (χ1) is 12.7. The molecule has 0 bridgehead atoms. The van der Waals surface area contributed by atoms with Gasteiger partial charge in [-0.1, -0.05) is 12.1 Å². The molecule has 0 radical (unpaired) electrons. The molecule has 3 heterocycles. The Morgan fingerprint density at radius 3 is 2.96 bits per heavy atom. The van der Waals surface area contributed by atoms with Gasteiger partial charge in [0, 0.05) is 30.7 Å². The Balaban J connectivity index is 1.56. The van der Waals surface area contributed by atoms with Gasteiger partial charge in [0.25, 0.3) is 5.91 Å². The molecular weight excluding hydrogens is 330 g/mol. The number of hydrogen-bond acceptors (Lipinski definition) is 4. The van der Waals surface area contributed by atoms with Crippen molar-refractivity contribution >= 4 is 11.6 Å². The molecule has 1 aromatic carbocycles. The summed E-state index contributed by atoms with van der Waals surface area (Å²) >= 11 is 0. The third-order valence-corrected chi connectivity index (χ3v) is 4.11. The second-order valence-electron chi connectivity index (χ2n) is 5.80. The highest BCUT2D eigenvalue weighted by Crippen LogP contribution is 2.18. The molecule has 4 aromatic rings. The van der Waals surface area contributed by atoms with Gasteiger partial charge in [-0.25, -0.2) is 0 Å². The quantitative estimate of drug-likeness (QED) is 0.581. The molecule has 0 aliphatic heterocycles. The van der Waals surface area contributed by atoms with Crippen LogP contribution in [-0.2, 0) is 6.54 Å². The summed E-state index contributed by atoms with van der Waals surface area (Å²) in [6.07, 6.45) is 5.41. The maximum absolute atomic E-state index is 12.5. The molecular formula is C19H17N5O2. The summed E-state index contributed by atoms with van der Waals surface area (Å²) in [4.78, 5) is 15.5. The summed E-state index contributed by atoms with van der Waals surface area (Å²) in [7, 11) is 1.62. The highest BCUT2D eigenvalue weighted by molar-refractivity contribution is 5.94. The van der Waals surface area contributed by atoms with Gasteiger partial charge in [-0.15, -0.1) is 10.2 Å². The number of fused-ring (bicyclic) bond motifs is 1. The second kappa shape index (κ2) is 6.72. The first kappa shape index (κ1) is 15.9. The molecule has 4 rings (SSSR count). The van der Waals surface area contributed by atoms with Gasteiger partial charge < -0.3 is 15.0 Å². The van der Waals surface area contributed by atoms with Crippen molar-refractivity contribution in [2.45, 2.75) is 6.54 Å². The predicted molar refractivity (Wildman–Crippen MR) is 96.9 cm³/mol. The smallest absolute Gasteiger partial charge is 0.253 e. The van der Waals surface area contributed by atoms with Crippen molar-refractivity contribution in [3.63, 3.8) is 0 Å². The molecule has 0 unspecified atom stereocenters. The lowest BCUT2D eigenvalue weighted by Crippen LogP contribution is -2.23. The van der Waals surface area contributed by atoms with E-state index in [1.54, 1.807) is 25.4 Å². The van der Waals surface area contributed by atoms with Crippen LogP contribution >= 0.6 is 0 Å². The Kier molecular flexibility index (Phi) is 4.10. The summed E-state index contributed by atoms with van der Waals surface area (Å²) in [6, 6.07) is 13.0. The van der Waals surface area contributed by atoms with E-state index in [2.05, 4.69) is 20.5 Å². The monoisotopic (exact) mass is 347 g/mol. The van der Waals surface area contributed by atoms with Gasteiger partial charge in [0.1, 0.15) is 5.75 Å². The van der Waals surface area contributed by atoms with Crippen molar-refractivity contribution in [2.24, 2.45) is 0 Å². The molecule has 130 valence electrons. The predicted octanol–water partition coefficient (Wildman–Crippen LogP) is 2.66. The lowest BCUT2D eigenvalue weighted by molar-refractivity contribution is 0.0950. The van der Waals surface area contributed by atoms with Gasteiger partial charge >= 0.3 is 0 Å². The molecule has 26 heavy (non-hydrogen) atoms. The first-order valence-corrected chi connectivity index (χ1v) is 8.13. The van der Waals surface area contributed by atoms with Crippen molar-refractivity contribution in [3.8, 4) is 17.1 Å². The van der Waals surface area contributed by atoms with Crippen LogP contribution in [0.2, 0.25) is 0 Å². The third kappa shape index (κ3) is 3.02. The van der Waals surface area contributed by atoms with Crippen LogP contribution in [0.5, 0.6) is 5.75 Å². The van der Waals surface area contributed by atoms with E-state index >= 15 is 0 Å². The van der Waals surface area contributed by atoms with Gasteiger partial charge in [-0.3, -0.25) is 9.20 Å². The van der Waals surface area contributed by atoms with Crippen LogP contribution < -0.4 is 10.1 Å². The fourth-order valence-corrected chi connectivity index (χ4v) is 2.75. The SMILES string of the molecule is COc1cccc(CNC(=O)c2ccc3nnc(-c4cc[nH]c4)n3c2)c1. The normalized spacial score (nSPS) is 10.8. The number of methoxy groups -OCH3 is 1. The maximum atomic E-state index is 12.5. The minimum absolute atomic E-state index is 0.163. The molecule has 0 aliphatic rings. The number of carbonyl (C=O) groups is 1. The number of carbonyl (C=O) groups excluding carboxylic acids is 1. The Hall–Kier alpha value is -3.61. The maximum Gasteiger partial charge on any atom is 0.253 e. The molecule has 3 aromatic heterocycles. The Morgan fingerprint density at radius 2 is 2.15 bits per heavy atom. The molecule has 0 atom stereocenters. The van der Waals surface area contributed by atoms with E-state index in [9.17, 15) is 4.79 Å². The summed E-state index contributed by atoms with van der Waals surface area (Å²) in [6.45, 7) is 0.418. The lowest BCUT2D eigenvalue weighted by Gasteiger charge is -2.07. The average Bonchev–Trinajstić information content (AvgIpc) is 3.35. The largest absolute Gasteiger partial charge is 0.497 e. The fraction of sp³-hybridized carbons (Fsp3) is 0.105. The van der Waals surface area contributed by atoms with Gasteiger partial charge in [0.05, 0.1) is 12.7 Å². The average molecular weight is 347 g/mol. The molecule has 7 nitrogen and oxygen atoms in total. The highest BCUT2D eigenvalue weighted by Gasteiger charge is 2.12. The van der Waals surface area contributed by atoms with Gasteiger partial charge in [-0.05, 0) is 35.9 Å². The molecule has 2 N–H and O–H groups in total. The van der Waals surface area contributed by atoms with Crippen LogP contribution in [0.1, 0.15) is 15.9 Å². The number of amides is 1. The first-order valence-electron chi connectivity index (χ1n) is 8.13.